The van der Waals surface area contributed by atoms with Crippen LogP contribution in [-0.2, 0) is 14.4 Å². The summed E-state index contributed by atoms with van der Waals surface area (Å²) in [6.45, 7) is -0.406. The molecular weight excluding hydrogens is 382 g/mol. The van der Waals surface area contributed by atoms with Crippen LogP contribution in [0.2, 0.25) is 0 Å². The van der Waals surface area contributed by atoms with Gasteiger partial charge in [-0.3, -0.25) is 25.2 Å². The normalized spacial score (nSPS) is 13.9. The van der Waals surface area contributed by atoms with Gasteiger partial charge in [-0.15, -0.1) is 0 Å². The third kappa shape index (κ3) is 6.62. The highest BCUT2D eigenvalue weighted by atomic mass is 16.5. The predicted octanol–water partition coefficient (Wildman–Crippen LogP) is 2.58. The maximum atomic E-state index is 12.0. The van der Waals surface area contributed by atoms with Crippen LogP contribution in [0, 0.1) is 5.92 Å². The number of ether oxygens (including phenoxy) is 1. The van der Waals surface area contributed by atoms with Crippen molar-refractivity contribution in [3.8, 4) is 16.9 Å². The quantitative estimate of drug-likeness (QED) is 0.613. The van der Waals surface area contributed by atoms with Crippen molar-refractivity contribution in [2.45, 2.75) is 32.1 Å². The van der Waals surface area contributed by atoms with Gasteiger partial charge in [-0.1, -0.05) is 61.7 Å². The second-order valence-corrected chi connectivity index (χ2v) is 7.33. The summed E-state index contributed by atoms with van der Waals surface area (Å²) in [6.07, 6.45) is 5.00. The number of hydrazine groups is 1. The second kappa shape index (κ2) is 11.0. The van der Waals surface area contributed by atoms with Crippen LogP contribution < -0.4 is 20.9 Å². The average Bonchev–Trinajstić information content (AvgIpc) is 2.81. The van der Waals surface area contributed by atoms with E-state index in [2.05, 4.69) is 16.2 Å². The average molecular weight is 409 g/mol. The van der Waals surface area contributed by atoms with Gasteiger partial charge in [0, 0.05) is 5.92 Å². The second-order valence-electron chi connectivity index (χ2n) is 7.33. The van der Waals surface area contributed by atoms with Crippen LogP contribution in [0.25, 0.3) is 11.1 Å². The Morgan fingerprint density at radius 2 is 1.43 bits per heavy atom. The minimum atomic E-state index is -0.492. The molecule has 158 valence electrons. The van der Waals surface area contributed by atoms with E-state index in [1.165, 1.54) is 0 Å². The zero-order valence-corrected chi connectivity index (χ0v) is 16.9. The first kappa shape index (κ1) is 21.4. The highest BCUT2D eigenvalue weighted by molar-refractivity contribution is 5.87. The Hall–Kier alpha value is -3.35. The summed E-state index contributed by atoms with van der Waals surface area (Å²) in [5.74, 6) is -0.536. The molecule has 3 N–H and O–H groups in total. The topological polar surface area (TPSA) is 96.5 Å². The molecule has 1 fully saturated rings. The predicted molar refractivity (Wildman–Crippen MR) is 113 cm³/mol. The Kier molecular flexibility index (Phi) is 7.83. The molecular formula is C23H27N3O4. The van der Waals surface area contributed by atoms with Gasteiger partial charge in [0.2, 0.25) is 5.91 Å². The Bertz CT molecular complexity index is 847. The van der Waals surface area contributed by atoms with E-state index in [1.807, 2.05) is 42.5 Å². The standard InChI is InChI=1S/C23H27N3O4/c27-21(15-24-23(29)19-9-5-2-6-10-19)25-26-22(28)16-30-20-13-11-18(12-14-20)17-7-3-1-4-8-17/h1,3-4,7-8,11-14,19H,2,5-6,9-10,15-16H2,(H,24,29)(H,25,27)(H,26,28). The first-order chi connectivity index (χ1) is 14.6. The number of nitrogens with one attached hydrogen (secondary N) is 3. The van der Waals surface area contributed by atoms with Crippen molar-refractivity contribution < 1.29 is 19.1 Å². The number of benzene rings is 2. The lowest BCUT2D eigenvalue weighted by Crippen LogP contribution is -2.48. The molecule has 7 nitrogen and oxygen atoms in total. The summed E-state index contributed by atoms with van der Waals surface area (Å²) in [5, 5.41) is 2.62. The molecule has 0 radical (unpaired) electrons. The van der Waals surface area contributed by atoms with Crippen LogP contribution in [0.1, 0.15) is 32.1 Å². The molecule has 30 heavy (non-hydrogen) atoms. The number of carbonyl (C=O) groups is 3. The molecule has 3 amide bonds. The molecule has 1 aliphatic carbocycles. The molecule has 0 heterocycles. The minimum Gasteiger partial charge on any atom is -0.484 e. The molecule has 0 bridgehead atoms. The highest BCUT2D eigenvalue weighted by Crippen LogP contribution is 2.23. The van der Waals surface area contributed by atoms with Gasteiger partial charge in [-0.25, -0.2) is 0 Å². The number of hydrogen-bond acceptors (Lipinski definition) is 4. The third-order valence-electron chi connectivity index (χ3n) is 5.07. The molecule has 7 heteroatoms. The van der Waals surface area contributed by atoms with E-state index < -0.39 is 11.8 Å². The number of hydrogen-bond donors (Lipinski definition) is 3. The Morgan fingerprint density at radius 1 is 0.800 bits per heavy atom. The fourth-order valence-electron chi connectivity index (χ4n) is 3.42. The summed E-state index contributed by atoms with van der Waals surface area (Å²) in [6, 6.07) is 17.3. The van der Waals surface area contributed by atoms with E-state index >= 15 is 0 Å². The monoisotopic (exact) mass is 409 g/mol. The maximum absolute atomic E-state index is 12.0. The van der Waals surface area contributed by atoms with Crippen molar-refractivity contribution in [2.24, 2.45) is 5.92 Å². The first-order valence-electron chi connectivity index (χ1n) is 10.3. The van der Waals surface area contributed by atoms with Crippen LogP contribution in [0.4, 0.5) is 0 Å². The summed E-state index contributed by atoms with van der Waals surface area (Å²) < 4.78 is 5.44. The van der Waals surface area contributed by atoms with E-state index in [9.17, 15) is 14.4 Å². The zero-order valence-electron chi connectivity index (χ0n) is 16.9. The molecule has 2 aromatic rings. The zero-order chi connectivity index (χ0) is 21.2. The fraction of sp³-hybridized carbons (Fsp3) is 0.348. The van der Waals surface area contributed by atoms with Crippen LogP contribution in [-0.4, -0.2) is 30.9 Å². The minimum absolute atomic E-state index is 0.0113. The molecule has 2 aromatic carbocycles. The lowest BCUT2D eigenvalue weighted by molar-refractivity contribution is -0.131. The molecule has 1 saturated carbocycles. The SMILES string of the molecule is O=C(CNC(=O)C1CCCCC1)NNC(=O)COc1ccc(-c2ccccc2)cc1. The Labute approximate surface area is 176 Å². The lowest BCUT2D eigenvalue weighted by atomic mass is 9.89. The van der Waals surface area contributed by atoms with Gasteiger partial charge in [0.15, 0.2) is 6.61 Å². The van der Waals surface area contributed by atoms with Gasteiger partial charge < -0.3 is 10.1 Å². The van der Waals surface area contributed by atoms with Crippen LogP contribution >= 0.6 is 0 Å². The molecule has 0 aliphatic heterocycles. The van der Waals surface area contributed by atoms with Crippen molar-refractivity contribution in [1.29, 1.82) is 0 Å². The van der Waals surface area contributed by atoms with Crippen LogP contribution in [0.3, 0.4) is 0 Å². The van der Waals surface area contributed by atoms with Crippen molar-refractivity contribution in [1.82, 2.24) is 16.2 Å². The number of amides is 3. The van der Waals surface area contributed by atoms with E-state index in [4.69, 9.17) is 4.74 Å². The summed E-state index contributed by atoms with van der Waals surface area (Å²) in [5.41, 5.74) is 6.70. The van der Waals surface area contributed by atoms with Crippen molar-refractivity contribution in [2.75, 3.05) is 13.2 Å². The van der Waals surface area contributed by atoms with E-state index in [1.54, 1.807) is 12.1 Å². The molecule has 0 unspecified atom stereocenters. The third-order valence-corrected chi connectivity index (χ3v) is 5.07. The Balaban J connectivity index is 1.33. The van der Waals surface area contributed by atoms with E-state index in [0.717, 1.165) is 43.2 Å². The van der Waals surface area contributed by atoms with Gasteiger partial charge in [-0.2, -0.15) is 0 Å². The summed E-state index contributed by atoms with van der Waals surface area (Å²) in [7, 11) is 0. The van der Waals surface area contributed by atoms with Crippen molar-refractivity contribution >= 4 is 17.7 Å². The van der Waals surface area contributed by atoms with Crippen LogP contribution in [0.15, 0.2) is 54.6 Å². The van der Waals surface area contributed by atoms with Crippen LogP contribution in [0.5, 0.6) is 5.75 Å². The smallest absolute Gasteiger partial charge is 0.276 e. The summed E-state index contributed by atoms with van der Waals surface area (Å²) in [4.78, 5) is 35.7. The van der Waals surface area contributed by atoms with Crippen molar-refractivity contribution in [3.05, 3.63) is 54.6 Å². The first-order valence-corrected chi connectivity index (χ1v) is 10.3. The highest BCUT2D eigenvalue weighted by Gasteiger charge is 2.21. The van der Waals surface area contributed by atoms with Gasteiger partial charge >= 0.3 is 0 Å². The maximum Gasteiger partial charge on any atom is 0.276 e. The largest absolute Gasteiger partial charge is 0.484 e. The lowest BCUT2D eigenvalue weighted by Gasteiger charge is -2.20. The van der Waals surface area contributed by atoms with Gasteiger partial charge in [0.05, 0.1) is 6.54 Å². The van der Waals surface area contributed by atoms with Crippen molar-refractivity contribution in [3.63, 3.8) is 0 Å². The molecule has 1 aliphatic rings. The van der Waals surface area contributed by atoms with Gasteiger partial charge in [-0.05, 0) is 36.1 Å². The Morgan fingerprint density at radius 3 is 2.13 bits per heavy atom. The number of carbonyl (C=O) groups excluding carboxylic acids is 3. The molecule has 0 spiro atoms. The molecule has 0 aromatic heterocycles. The van der Waals surface area contributed by atoms with Gasteiger partial charge in [0.1, 0.15) is 5.75 Å². The summed E-state index contributed by atoms with van der Waals surface area (Å²) >= 11 is 0. The molecule has 0 atom stereocenters. The van der Waals surface area contributed by atoms with E-state index in [0.29, 0.717) is 5.75 Å². The molecule has 3 rings (SSSR count). The van der Waals surface area contributed by atoms with Gasteiger partial charge in [0.25, 0.3) is 11.8 Å². The number of rotatable bonds is 7. The molecule has 0 saturated heterocycles. The van der Waals surface area contributed by atoms with E-state index in [-0.39, 0.29) is 25.0 Å². The fourth-order valence-corrected chi connectivity index (χ4v) is 3.42.